The third kappa shape index (κ3) is 23.8. The number of aliphatic carboxylic acids is 1. The molecule has 0 unspecified atom stereocenters. The van der Waals surface area contributed by atoms with Gasteiger partial charge in [-0.1, -0.05) is 74.8 Å². The molecule has 0 aromatic carbocycles. The van der Waals surface area contributed by atoms with Crippen LogP contribution in [0.2, 0.25) is 0 Å². The second-order valence-electron chi connectivity index (χ2n) is 5.38. The first-order valence-corrected chi connectivity index (χ1v) is 8.59. The molecule has 124 valence electrons. The molecule has 0 fully saturated rings. The van der Waals surface area contributed by atoms with Crippen molar-refractivity contribution in [2.24, 2.45) is 0 Å². The van der Waals surface area contributed by atoms with Gasteiger partial charge in [-0.3, -0.25) is 0 Å². The molecule has 0 aromatic rings. The summed E-state index contributed by atoms with van der Waals surface area (Å²) in [4.78, 5) is 10.2. The quantitative estimate of drug-likeness (QED) is 0.212. The van der Waals surface area contributed by atoms with Gasteiger partial charge in [-0.15, -0.1) is 0 Å². The normalized spacial score (nSPS) is 11.9. The van der Waals surface area contributed by atoms with Crippen LogP contribution in [-0.2, 0) is 4.79 Å². The largest absolute Gasteiger partial charge is 1.00 e. The van der Waals surface area contributed by atoms with E-state index in [1.807, 2.05) is 6.08 Å². The number of carboxylic acids is 1. The molecule has 0 saturated heterocycles. The van der Waals surface area contributed by atoms with Crippen LogP contribution < -0.4 is 34.7 Å². The molecule has 0 aliphatic carbocycles. The van der Waals surface area contributed by atoms with Crippen molar-refractivity contribution in [2.45, 2.75) is 71.1 Å². The van der Waals surface area contributed by atoms with Gasteiger partial charge in [-0.25, -0.2) is 0 Å². The molecular formula is C20H31NaO2. The average Bonchev–Trinajstić information content (AvgIpc) is 2.50. The Labute approximate surface area is 164 Å². The standard InChI is InChI=1S/C20H32O2.Na/c1-2-3-4-5-6-7-8-9-10-11-12-13-14-15-16-17-18-19-20(21)22;/h7-10,12-13,15-16H,2-6,11,14,17-19H2,1H3,(H,21,22);/q;+1/p-1/b8-7+,10-9+,13-12+,16-15+;. The van der Waals surface area contributed by atoms with Crippen LogP contribution in [0.1, 0.15) is 71.1 Å². The van der Waals surface area contributed by atoms with Crippen molar-refractivity contribution in [1.82, 2.24) is 0 Å². The Morgan fingerprint density at radius 1 is 0.783 bits per heavy atom. The fourth-order valence-corrected chi connectivity index (χ4v) is 1.95. The molecule has 23 heavy (non-hydrogen) atoms. The zero-order valence-corrected chi connectivity index (χ0v) is 17.0. The van der Waals surface area contributed by atoms with Crippen molar-refractivity contribution in [3.05, 3.63) is 48.6 Å². The fourth-order valence-electron chi connectivity index (χ4n) is 1.95. The van der Waals surface area contributed by atoms with Crippen molar-refractivity contribution < 1.29 is 39.5 Å². The Morgan fingerprint density at radius 2 is 1.39 bits per heavy atom. The third-order valence-corrected chi connectivity index (χ3v) is 3.24. The molecule has 0 bridgehead atoms. The van der Waals surface area contributed by atoms with Crippen LogP contribution >= 0.6 is 0 Å². The maximum atomic E-state index is 10.2. The summed E-state index contributed by atoms with van der Waals surface area (Å²) in [5.41, 5.74) is 0. The molecule has 0 radical (unpaired) electrons. The van der Waals surface area contributed by atoms with Crippen LogP contribution in [0.25, 0.3) is 0 Å². The number of carboxylic acid groups (broad SMARTS) is 1. The van der Waals surface area contributed by atoms with Gasteiger partial charge in [0.2, 0.25) is 0 Å². The molecule has 0 rings (SSSR count). The smallest absolute Gasteiger partial charge is 0.550 e. The third-order valence-electron chi connectivity index (χ3n) is 3.24. The second kappa shape index (κ2) is 21.4. The second-order valence-corrected chi connectivity index (χ2v) is 5.38. The zero-order valence-electron chi connectivity index (χ0n) is 15.0. The Balaban J connectivity index is 0. The van der Waals surface area contributed by atoms with E-state index in [0.717, 1.165) is 19.3 Å². The first-order chi connectivity index (χ1) is 10.8. The zero-order chi connectivity index (χ0) is 16.3. The monoisotopic (exact) mass is 326 g/mol. The number of carbonyl (C=O) groups is 1. The maximum Gasteiger partial charge on any atom is 1.00 e. The Kier molecular flexibility index (Phi) is 23.0. The molecule has 0 N–H and O–H groups in total. The van der Waals surface area contributed by atoms with Crippen LogP contribution in [0.15, 0.2) is 48.6 Å². The van der Waals surface area contributed by atoms with Crippen LogP contribution in [0, 0.1) is 0 Å². The van der Waals surface area contributed by atoms with Gasteiger partial charge in [0.1, 0.15) is 0 Å². The van der Waals surface area contributed by atoms with Gasteiger partial charge in [0.25, 0.3) is 0 Å². The molecular weight excluding hydrogens is 295 g/mol. The predicted octanol–water partition coefficient (Wildman–Crippen LogP) is 1.89. The van der Waals surface area contributed by atoms with Crippen LogP contribution in [0.5, 0.6) is 0 Å². The summed E-state index contributed by atoms with van der Waals surface area (Å²) in [5, 5.41) is 10.2. The van der Waals surface area contributed by atoms with Gasteiger partial charge in [0.05, 0.1) is 0 Å². The molecule has 0 atom stereocenters. The molecule has 0 spiro atoms. The summed E-state index contributed by atoms with van der Waals surface area (Å²) in [6, 6.07) is 0. The minimum absolute atomic E-state index is 0. The van der Waals surface area contributed by atoms with Gasteiger partial charge in [-0.2, -0.15) is 0 Å². The van der Waals surface area contributed by atoms with E-state index in [4.69, 9.17) is 0 Å². The van der Waals surface area contributed by atoms with E-state index in [2.05, 4.69) is 49.5 Å². The Bertz CT molecular complexity index is 368. The van der Waals surface area contributed by atoms with Crippen LogP contribution in [-0.4, -0.2) is 5.97 Å². The van der Waals surface area contributed by atoms with Crippen molar-refractivity contribution >= 4 is 5.97 Å². The number of hydrogen-bond donors (Lipinski definition) is 0. The van der Waals surface area contributed by atoms with E-state index < -0.39 is 5.97 Å². The summed E-state index contributed by atoms with van der Waals surface area (Å²) in [7, 11) is 0. The van der Waals surface area contributed by atoms with E-state index in [-0.39, 0.29) is 36.0 Å². The van der Waals surface area contributed by atoms with E-state index in [9.17, 15) is 9.90 Å². The Hall–Kier alpha value is -0.570. The number of allylic oxidation sites excluding steroid dienone is 8. The maximum absolute atomic E-state index is 10.2. The number of hydrogen-bond acceptors (Lipinski definition) is 2. The van der Waals surface area contributed by atoms with E-state index in [1.54, 1.807) is 0 Å². The van der Waals surface area contributed by atoms with Gasteiger partial charge < -0.3 is 9.90 Å². The molecule has 0 saturated carbocycles. The molecule has 0 aliphatic heterocycles. The topological polar surface area (TPSA) is 40.1 Å². The summed E-state index contributed by atoms with van der Waals surface area (Å²) < 4.78 is 0. The summed E-state index contributed by atoms with van der Waals surface area (Å²) >= 11 is 0. The minimum atomic E-state index is -0.963. The molecule has 0 amide bonds. The first-order valence-electron chi connectivity index (χ1n) is 8.59. The minimum Gasteiger partial charge on any atom is -0.550 e. The number of unbranched alkanes of at least 4 members (excludes halogenated alkanes) is 5. The molecule has 0 aliphatic rings. The van der Waals surface area contributed by atoms with E-state index >= 15 is 0 Å². The van der Waals surface area contributed by atoms with Crippen LogP contribution in [0.4, 0.5) is 0 Å². The van der Waals surface area contributed by atoms with Crippen LogP contribution in [0.3, 0.4) is 0 Å². The predicted molar refractivity (Wildman–Crippen MR) is 93.4 cm³/mol. The van der Waals surface area contributed by atoms with Gasteiger partial charge in [0.15, 0.2) is 0 Å². The van der Waals surface area contributed by atoms with E-state index in [0.29, 0.717) is 6.42 Å². The van der Waals surface area contributed by atoms with Crippen molar-refractivity contribution in [2.75, 3.05) is 0 Å². The van der Waals surface area contributed by atoms with Crippen molar-refractivity contribution in [1.29, 1.82) is 0 Å². The molecule has 0 aromatic heterocycles. The fraction of sp³-hybridized carbons (Fsp3) is 0.550. The summed E-state index contributed by atoms with van der Waals surface area (Å²) in [5.74, 6) is -0.963. The average molecular weight is 326 g/mol. The molecule has 2 nitrogen and oxygen atoms in total. The Morgan fingerprint density at radius 3 is 2.09 bits per heavy atom. The van der Waals surface area contributed by atoms with Gasteiger partial charge in [-0.05, 0) is 44.9 Å². The number of rotatable bonds is 14. The van der Waals surface area contributed by atoms with Gasteiger partial charge >= 0.3 is 29.6 Å². The summed E-state index contributed by atoms with van der Waals surface area (Å²) in [6.07, 6.45) is 27.0. The number of carbonyl (C=O) groups excluding carboxylic acids is 1. The van der Waals surface area contributed by atoms with Gasteiger partial charge in [0, 0.05) is 5.97 Å². The summed E-state index contributed by atoms with van der Waals surface area (Å²) in [6.45, 7) is 2.24. The van der Waals surface area contributed by atoms with Crippen molar-refractivity contribution in [3.8, 4) is 0 Å². The first kappa shape index (κ1) is 24.7. The SMILES string of the molecule is CCCCCC/C=C/C=C/C/C=C/C/C=C/CCCC(=O)[O-].[Na+]. The molecule has 0 heterocycles. The van der Waals surface area contributed by atoms with Crippen molar-refractivity contribution in [3.63, 3.8) is 0 Å². The molecule has 3 heteroatoms. The van der Waals surface area contributed by atoms with E-state index in [1.165, 1.54) is 32.1 Å².